The summed E-state index contributed by atoms with van der Waals surface area (Å²) in [5.74, 6) is 0.00288. The van der Waals surface area contributed by atoms with Gasteiger partial charge < -0.3 is 5.32 Å². The lowest BCUT2D eigenvalue weighted by atomic mass is 10.0. The van der Waals surface area contributed by atoms with Crippen LogP contribution in [0.15, 0.2) is 48.8 Å². The molecule has 0 unspecified atom stereocenters. The number of aromatic nitrogens is 3. The predicted molar refractivity (Wildman–Crippen MR) is 105 cm³/mol. The molecule has 0 aliphatic heterocycles. The van der Waals surface area contributed by atoms with Gasteiger partial charge in [-0.25, -0.2) is 9.07 Å². The molecule has 4 rings (SSSR count). The fourth-order valence-electron chi connectivity index (χ4n) is 3.41. The van der Waals surface area contributed by atoms with Crippen LogP contribution in [0.1, 0.15) is 65.8 Å². The number of carbonyl (C=O) groups excluding carboxylic acids is 1. The Balaban J connectivity index is 1.72. The number of amides is 1. The van der Waals surface area contributed by atoms with Gasteiger partial charge in [0.1, 0.15) is 5.82 Å². The van der Waals surface area contributed by atoms with E-state index in [-0.39, 0.29) is 17.6 Å². The van der Waals surface area contributed by atoms with Crippen LogP contribution in [0.4, 0.5) is 4.39 Å². The highest BCUT2D eigenvalue weighted by atomic mass is 19.1. The lowest BCUT2D eigenvalue weighted by molar-refractivity contribution is 0.0948. The van der Waals surface area contributed by atoms with Crippen LogP contribution in [0.5, 0.6) is 0 Å². The molecule has 28 heavy (non-hydrogen) atoms. The molecule has 144 valence electrons. The van der Waals surface area contributed by atoms with Gasteiger partial charge in [0.2, 0.25) is 0 Å². The van der Waals surface area contributed by atoms with Crippen LogP contribution >= 0.6 is 0 Å². The number of nitrogens with zero attached hydrogens (tertiary/aromatic N) is 3. The van der Waals surface area contributed by atoms with Crippen molar-refractivity contribution in [1.29, 1.82) is 0 Å². The molecule has 1 aliphatic rings. The molecule has 0 spiro atoms. The van der Waals surface area contributed by atoms with Gasteiger partial charge in [-0.3, -0.25) is 9.78 Å². The number of hydrogen-bond donors (Lipinski definition) is 1. The molecular weight excluding hydrogens is 355 g/mol. The Labute approximate surface area is 163 Å². The van der Waals surface area contributed by atoms with Crippen LogP contribution < -0.4 is 5.32 Å². The summed E-state index contributed by atoms with van der Waals surface area (Å²) in [7, 11) is 0. The summed E-state index contributed by atoms with van der Waals surface area (Å²) in [6.07, 6.45) is 5.51. The molecule has 6 heteroatoms. The monoisotopic (exact) mass is 378 g/mol. The molecule has 2 aromatic heterocycles. The summed E-state index contributed by atoms with van der Waals surface area (Å²) in [6.45, 7) is 4.53. The lowest BCUT2D eigenvalue weighted by Crippen LogP contribution is -2.25. The first-order valence-corrected chi connectivity index (χ1v) is 9.60. The van der Waals surface area contributed by atoms with Crippen molar-refractivity contribution in [2.24, 2.45) is 0 Å². The van der Waals surface area contributed by atoms with Crippen LogP contribution in [-0.4, -0.2) is 20.7 Å². The Kier molecular flexibility index (Phi) is 4.94. The molecule has 1 saturated carbocycles. The second-order valence-corrected chi connectivity index (χ2v) is 7.50. The second kappa shape index (κ2) is 7.54. The molecule has 5 nitrogen and oxygen atoms in total. The maximum Gasteiger partial charge on any atom is 0.255 e. The summed E-state index contributed by atoms with van der Waals surface area (Å²) in [6, 6.07) is 10.00. The van der Waals surface area contributed by atoms with Gasteiger partial charge in [0.15, 0.2) is 0 Å². The first-order valence-electron chi connectivity index (χ1n) is 9.60. The minimum atomic E-state index is -0.292. The van der Waals surface area contributed by atoms with Crippen molar-refractivity contribution in [3.63, 3.8) is 0 Å². The summed E-state index contributed by atoms with van der Waals surface area (Å²) in [4.78, 5) is 17.2. The number of benzene rings is 1. The smallest absolute Gasteiger partial charge is 0.255 e. The van der Waals surface area contributed by atoms with Crippen molar-refractivity contribution in [3.05, 3.63) is 77.1 Å². The third-order valence-electron chi connectivity index (χ3n) is 4.96. The van der Waals surface area contributed by atoms with E-state index in [1.54, 1.807) is 29.2 Å². The second-order valence-electron chi connectivity index (χ2n) is 7.50. The molecule has 1 N–H and O–H groups in total. The quantitative estimate of drug-likeness (QED) is 0.694. The summed E-state index contributed by atoms with van der Waals surface area (Å²) in [5.41, 5.74) is 4.13. The number of nitrogens with one attached hydrogen (secondary N) is 1. The minimum absolute atomic E-state index is 0.0896. The Hall–Kier alpha value is -3.02. The molecule has 1 fully saturated rings. The highest BCUT2D eigenvalue weighted by Gasteiger charge is 2.35. The first kappa shape index (κ1) is 18.3. The van der Waals surface area contributed by atoms with Crippen molar-refractivity contribution >= 4 is 5.91 Å². The fourth-order valence-corrected chi connectivity index (χ4v) is 3.41. The highest BCUT2D eigenvalue weighted by molar-refractivity contribution is 5.97. The van der Waals surface area contributed by atoms with E-state index in [1.165, 1.54) is 12.1 Å². The topological polar surface area (TPSA) is 59.8 Å². The zero-order valence-electron chi connectivity index (χ0n) is 16.0. The predicted octanol–water partition coefficient (Wildman–Crippen LogP) is 4.34. The van der Waals surface area contributed by atoms with Crippen molar-refractivity contribution in [1.82, 2.24) is 20.1 Å². The Morgan fingerprint density at radius 2 is 1.86 bits per heavy atom. The molecule has 0 saturated heterocycles. The summed E-state index contributed by atoms with van der Waals surface area (Å²) in [5, 5.41) is 7.82. The van der Waals surface area contributed by atoms with E-state index < -0.39 is 0 Å². The van der Waals surface area contributed by atoms with Gasteiger partial charge in [-0.05, 0) is 60.7 Å². The number of halogens is 1. The number of carbonyl (C=O) groups is 1. The van der Waals surface area contributed by atoms with E-state index in [1.807, 2.05) is 26.0 Å². The van der Waals surface area contributed by atoms with Crippen molar-refractivity contribution in [2.45, 2.75) is 45.1 Å². The van der Waals surface area contributed by atoms with Gasteiger partial charge >= 0.3 is 0 Å². The van der Waals surface area contributed by atoms with E-state index in [2.05, 4.69) is 10.3 Å². The van der Waals surface area contributed by atoms with Crippen molar-refractivity contribution < 1.29 is 9.18 Å². The molecular formula is C22H23FN4O. The number of hydrogen-bond acceptors (Lipinski definition) is 3. The van der Waals surface area contributed by atoms with E-state index in [4.69, 9.17) is 5.10 Å². The Morgan fingerprint density at radius 3 is 2.46 bits per heavy atom. The van der Waals surface area contributed by atoms with E-state index >= 15 is 0 Å². The van der Waals surface area contributed by atoms with E-state index in [0.717, 1.165) is 35.5 Å². The summed E-state index contributed by atoms with van der Waals surface area (Å²) >= 11 is 0. The van der Waals surface area contributed by atoms with Gasteiger partial charge in [-0.15, -0.1) is 0 Å². The van der Waals surface area contributed by atoms with Gasteiger partial charge in [0, 0.05) is 24.9 Å². The molecule has 3 aromatic rings. The SMILES string of the molecule is CC(C)c1c(C(=O)NCc2ccncc2)c(C2CC2)nn1-c1ccc(F)cc1. The van der Waals surface area contributed by atoms with Crippen LogP contribution in [0.3, 0.4) is 0 Å². The van der Waals surface area contributed by atoms with Gasteiger partial charge in [-0.1, -0.05) is 13.8 Å². The van der Waals surface area contributed by atoms with E-state index in [0.29, 0.717) is 18.0 Å². The zero-order chi connectivity index (χ0) is 19.7. The Bertz CT molecular complexity index is 976. The molecule has 1 aromatic carbocycles. The van der Waals surface area contributed by atoms with Gasteiger partial charge in [-0.2, -0.15) is 5.10 Å². The third kappa shape index (κ3) is 3.67. The standard InChI is InChI=1S/C22H23FN4O/c1-14(2)21-19(22(28)25-13-15-9-11-24-12-10-15)20(16-3-4-16)26-27(21)18-7-5-17(23)6-8-18/h5-12,14,16H,3-4,13H2,1-2H3,(H,25,28). The Morgan fingerprint density at radius 1 is 1.18 bits per heavy atom. The molecule has 1 amide bonds. The fraction of sp³-hybridized carbons (Fsp3) is 0.318. The van der Waals surface area contributed by atoms with Gasteiger partial charge in [0.05, 0.1) is 22.6 Å². The highest BCUT2D eigenvalue weighted by Crippen LogP contribution is 2.43. The molecule has 1 aliphatic carbocycles. The average molecular weight is 378 g/mol. The van der Waals surface area contributed by atoms with Crippen molar-refractivity contribution in [2.75, 3.05) is 0 Å². The largest absolute Gasteiger partial charge is 0.348 e. The van der Waals surface area contributed by atoms with Crippen LogP contribution in [0.2, 0.25) is 0 Å². The lowest BCUT2D eigenvalue weighted by Gasteiger charge is -2.13. The molecule has 0 bridgehead atoms. The molecule has 2 heterocycles. The number of pyridine rings is 1. The molecule has 0 atom stereocenters. The van der Waals surface area contributed by atoms with Crippen LogP contribution in [-0.2, 0) is 6.54 Å². The third-order valence-corrected chi connectivity index (χ3v) is 4.96. The normalized spacial score (nSPS) is 13.7. The maximum absolute atomic E-state index is 13.4. The van der Waals surface area contributed by atoms with Crippen LogP contribution in [0, 0.1) is 5.82 Å². The van der Waals surface area contributed by atoms with Gasteiger partial charge in [0.25, 0.3) is 5.91 Å². The maximum atomic E-state index is 13.4. The number of rotatable bonds is 6. The van der Waals surface area contributed by atoms with E-state index in [9.17, 15) is 9.18 Å². The summed E-state index contributed by atoms with van der Waals surface area (Å²) < 4.78 is 15.2. The van der Waals surface area contributed by atoms with Crippen LogP contribution in [0.25, 0.3) is 5.69 Å². The van der Waals surface area contributed by atoms with Crippen molar-refractivity contribution in [3.8, 4) is 5.69 Å². The molecule has 0 radical (unpaired) electrons. The average Bonchev–Trinajstić information content (AvgIpc) is 3.46. The zero-order valence-corrected chi connectivity index (χ0v) is 16.0. The minimum Gasteiger partial charge on any atom is -0.348 e. The first-order chi connectivity index (χ1) is 13.5.